The Labute approximate surface area is 225 Å². The molecule has 0 saturated heterocycles. The van der Waals surface area contributed by atoms with Gasteiger partial charge in [0.1, 0.15) is 39.9 Å². The van der Waals surface area contributed by atoms with Gasteiger partial charge < -0.3 is 34.4 Å². The zero-order valence-electron chi connectivity index (χ0n) is 20.9. The summed E-state index contributed by atoms with van der Waals surface area (Å²) in [7, 11) is 0. The van der Waals surface area contributed by atoms with Gasteiger partial charge >= 0.3 is 11.9 Å². The highest BCUT2D eigenvalue weighted by Crippen LogP contribution is 2.39. The minimum atomic E-state index is -1.79. The first-order valence-corrected chi connectivity index (χ1v) is 11.5. The lowest BCUT2D eigenvalue weighted by atomic mass is 9.88. The van der Waals surface area contributed by atoms with Gasteiger partial charge in [0, 0.05) is 17.2 Å². The number of rotatable bonds is 5. The molecule has 13 nitrogen and oxygen atoms in total. The number of fused-ring (bicyclic) bond motifs is 3. The molecule has 0 aliphatic rings. The van der Waals surface area contributed by atoms with Gasteiger partial charge in [-0.25, -0.2) is 9.59 Å². The number of benzene rings is 3. The number of hydrogen-bond donors (Lipinski definition) is 5. The Bertz CT molecular complexity index is 2180. The number of phenolic OH excluding ortho intramolecular Hbond substituents is 1. The first-order chi connectivity index (χ1) is 19.3. The van der Waals surface area contributed by atoms with Crippen LogP contribution in [0, 0.1) is 0 Å². The lowest BCUT2D eigenvalue weighted by molar-refractivity contribution is 0.0684. The maximum atomic E-state index is 13.7. The van der Waals surface area contributed by atoms with E-state index < -0.39 is 101 Å². The maximum Gasteiger partial charge on any atom is 0.340 e. The molecule has 0 bridgehead atoms. The molecule has 0 fully saturated rings. The number of hydrogen-bond acceptors (Lipinski definition) is 11. The van der Waals surface area contributed by atoms with E-state index in [9.17, 15) is 54.3 Å². The predicted molar refractivity (Wildman–Crippen MR) is 140 cm³/mol. The number of carboxylic acids is 2. The summed E-state index contributed by atoms with van der Waals surface area (Å²) in [6.45, 7) is 2.10. The van der Waals surface area contributed by atoms with Crippen molar-refractivity contribution in [2.75, 3.05) is 0 Å². The average molecular weight is 560 g/mol. The van der Waals surface area contributed by atoms with Gasteiger partial charge in [0.05, 0.1) is 27.3 Å². The molecule has 0 saturated carbocycles. The molecule has 206 valence electrons. The fraction of sp³-hybridized carbons (Fsp3) is 0.0714. The minimum absolute atomic E-state index is 0.333. The Morgan fingerprint density at radius 3 is 1.95 bits per heavy atom. The smallest absolute Gasteiger partial charge is 0.340 e. The molecule has 13 heteroatoms. The lowest BCUT2D eigenvalue weighted by Crippen LogP contribution is -2.16. The topological polar surface area (TPSA) is 230 Å². The fourth-order valence-electron chi connectivity index (χ4n) is 4.82. The van der Waals surface area contributed by atoms with Crippen molar-refractivity contribution < 1.29 is 53.5 Å². The molecule has 0 amide bonds. The third-order valence-electron chi connectivity index (χ3n) is 6.56. The van der Waals surface area contributed by atoms with Crippen molar-refractivity contribution in [2.24, 2.45) is 0 Å². The number of carbonyl (C=O) groups is 4. The van der Waals surface area contributed by atoms with E-state index in [1.54, 1.807) is 0 Å². The largest absolute Gasteiger partial charge is 0.507 e. The van der Waals surface area contributed by atoms with Crippen molar-refractivity contribution >= 4 is 56.4 Å². The third-order valence-corrected chi connectivity index (χ3v) is 6.56. The molecule has 0 unspecified atom stereocenters. The molecule has 0 spiro atoms. The van der Waals surface area contributed by atoms with E-state index in [2.05, 4.69) is 0 Å². The Hall–Kier alpha value is -5.98. The summed E-state index contributed by atoms with van der Waals surface area (Å²) < 4.78 is 11.2. The lowest BCUT2D eigenvalue weighted by Gasteiger charge is -2.16. The van der Waals surface area contributed by atoms with Crippen LogP contribution in [0.25, 0.3) is 44.0 Å². The SMILES string of the molecule is CC(=O)c1cc2c(=O)c3c(C(=O)O)c(O)ccc3oc2c(C(C)=O)c1-c1coc2cc(O)c(O)c(C(=O)O)c2c1=O. The molecule has 0 radical (unpaired) electrons. The van der Waals surface area contributed by atoms with Gasteiger partial charge in [0.25, 0.3) is 0 Å². The minimum Gasteiger partial charge on any atom is -0.507 e. The van der Waals surface area contributed by atoms with Gasteiger partial charge in [-0.2, -0.15) is 0 Å². The number of carboxylic acid groups (broad SMARTS) is 2. The van der Waals surface area contributed by atoms with E-state index in [1.165, 1.54) is 0 Å². The Morgan fingerprint density at radius 2 is 1.37 bits per heavy atom. The predicted octanol–water partition coefficient (Wildman–Crippen LogP) is 3.64. The molecule has 3 aromatic carbocycles. The molecular weight excluding hydrogens is 544 g/mol. The quantitative estimate of drug-likeness (QED) is 0.118. The van der Waals surface area contributed by atoms with E-state index in [4.69, 9.17) is 8.83 Å². The van der Waals surface area contributed by atoms with Crippen molar-refractivity contribution in [2.45, 2.75) is 13.8 Å². The Balaban J connectivity index is 2.05. The van der Waals surface area contributed by atoms with Gasteiger partial charge in [0.15, 0.2) is 23.1 Å². The van der Waals surface area contributed by atoms with E-state index in [-0.39, 0.29) is 16.7 Å². The first kappa shape index (κ1) is 26.6. The summed E-state index contributed by atoms with van der Waals surface area (Å²) in [5.74, 6) is -7.74. The molecule has 5 aromatic rings. The molecule has 2 aromatic heterocycles. The van der Waals surface area contributed by atoms with Crippen LogP contribution < -0.4 is 10.9 Å². The van der Waals surface area contributed by atoms with Crippen molar-refractivity contribution in [3.63, 3.8) is 0 Å². The van der Waals surface area contributed by atoms with Crippen LogP contribution in [-0.2, 0) is 0 Å². The van der Waals surface area contributed by atoms with Crippen LogP contribution in [-0.4, -0.2) is 49.0 Å². The standard InChI is InChI=1S/C28H16O13/c1-8(29)10-5-11-23(33)20-15(4-3-13(31)19(20)27(36)37)41-26(11)17(9(2)30)18(10)12-7-40-16-6-14(32)25(35)22(28(38)39)21(16)24(12)34/h3-7,31-32,35H,1-2H3,(H,36,37)(H,38,39). The van der Waals surface area contributed by atoms with Gasteiger partial charge in [-0.05, 0) is 32.0 Å². The molecule has 0 atom stereocenters. The van der Waals surface area contributed by atoms with Crippen molar-refractivity contribution in [3.8, 4) is 28.4 Å². The molecule has 41 heavy (non-hydrogen) atoms. The van der Waals surface area contributed by atoms with Crippen LogP contribution in [0.4, 0.5) is 0 Å². The molecule has 0 aliphatic heterocycles. The van der Waals surface area contributed by atoms with Crippen LogP contribution in [0.1, 0.15) is 55.3 Å². The number of Topliss-reactive ketones (excluding diaryl/α,β-unsaturated/α-hetero) is 2. The molecular formula is C28H16O13. The van der Waals surface area contributed by atoms with E-state index >= 15 is 0 Å². The highest BCUT2D eigenvalue weighted by molar-refractivity contribution is 6.18. The summed E-state index contributed by atoms with van der Waals surface area (Å²) in [4.78, 5) is 76.8. The zero-order valence-corrected chi connectivity index (χ0v) is 20.9. The summed E-state index contributed by atoms with van der Waals surface area (Å²) in [5, 5.41) is 47.7. The summed E-state index contributed by atoms with van der Waals surface area (Å²) in [6, 6.07) is 3.85. The van der Waals surface area contributed by atoms with Crippen LogP contribution in [0.15, 0.2) is 49.0 Å². The second-order valence-electron chi connectivity index (χ2n) is 9.01. The van der Waals surface area contributed by atoms with E-state index in [1.807, 2.05) is 0 Å². The van der Waals surface area contributed by atoms with E-state index in [0.29, 0.717) is 0 Å². The molecule has 5 N–H and O–H groups in total. The molecule has 0 aliphatic carbocycles. The van der Waals surface area contributed by atoms with Crippen LogP contribution in [0.3, 0.4) is 0 Å². The normalized spacial score (nSPS) is 11.3. The first-order valence-electron chi connectivity index (χ1n) is 11.5. The van der Waals surface area contributed by atoms with Crippen LogP contribution in [0.2, 0.25) is 0 Å². The number of carbonyl (C=O) groups excluding carboxylic acids is 2. The summed E-state index contributed by atoms with van der Waals surface area (Å²) >= 11 is 0. The van der Waals surface area contributed by atoms with Crippen molar-refractivity contribution in [3.05, 3.63) is 73.2 Å². The monoisotopic (exact) mass is 560 g/mol. The number of aromatic carboxylic acids is 2. The van der Waals surface area contributed by atoms with Gasteiger partial charge in [-0.1, -0.05) is 0 Å². The van der Waals surface area contributed by atoms with Crippen LogP contribution >= 0.6 is 0 Å². The second-order valence-corrected chi connectivity index (χ2v) is 9.01. The van der Waals surface area contributed by atoms with Gasteiger partial charge in [0.2, 0.25) is 10.9 Å². The molecule has 2 heterocycles. The highest BCUT2D eigenvalue weighted by atomic mass is 16.4. The Morgan fingerprint density at radius 1 is 0.732 bits per heavy atom. The van der Waals surface area contributed by atoms with Crippen molar-refractivity contribution in [1.82, 2.24) is 0 Å². The van der Waals surface area contributed by atoms with Crippen LogP contribution in [0.5, 0.6) is 17.2 Å². The van der Waals surface area contributed by atoms with E-state index in [0.717, 1.165) is 44.4 Å². The fourth-order valence-corrected chi connectivity index (χ4v) is 4.82. The zero-order chi connectivity index (χ0) is 30.1. The number of aromatic hydroxyl groups is 3. The van der Waals surface area contributed by atoms with Crippen molar-refractivity contribution in [1.29, 1.82) is 0 Å². The summed E-state index contributed by atoms with van der Waals surface area (Å²) in [5.41, 5.74) is -6.78. The Kier molecular flexibility index (Phi) is 5.88. The number of ketones is 2. The van der Waals surface area contributed by atoms with Gasteiger partial charge in [-0.15, -0.1) is 0 Å². The number of phenols is 3. The molecule has 5 rings (SSSR count). The third kappa shape index (κ3) is 3.78. The highest BCUT2D eigenvalue weighted by Gasteiger charge is 2.30. The maximum absolute atomic E-state index is 13.7. The summed E-state index contributed by atoms with van der Waals surface area (Å²) in [6.07, 6.45) is 0.812. The van der Waals surface area contributed by atoms with Gasteiger partial charge in [-0.3, -0.25) is 19.2 Å². The average Bonchev–Trinajstić information content (AvgIpc) is 2.89. The second kappa shape index (κ2) is 9.05.